The first-order valence-electron chi connectivity index (χ1n) is 7.85. The van der Waals surface area contributed by atoms with Gasteiger partial charge in [-0.2, -0.15) is 0 Å². The van der Waals surface area contributed by atoms with Crippen LogP contribution in [0.25, 0.3) is 0 Å². The van der Waals surface area contributed by atoms with Crippen molar-refractivity contribution in [3.8, 4) is 0 Å². The number of aliphatic hydroxyl groups excluding tert-OH is 1. The van der Waals surface area contributed by atoms with E-state index in [4.69, 9.17) is 0 Å². The third-order valence-electron chi connectivity index (χ3n) is 4.86. The van der Waals surface area contributed by atoms with Gasteiger partial charge in [0.2, 0.25) is 0 Å². The van der Waals surface area contributed by atoms with Gasteiger partial charge in [0.05, 0.1) is 6.10 Å². The molecule has 19 heavy (non-hydrogen) atoms. The van der Waals surface area contributed by atoms with E-state index in [1.165, 1.54) is 42.4 Å². The Hall–Kier alpha value is -0.820. The van der Waals surface area contributed by atoms with Gasteiger partial charge in [-0.3, -0.25) is 0 Å². The van der Waals surface area contributed by atoms with E-state index in [-0.39, 0.29) is 6.10 Å². The van der Waals surface area contributed by atoms with Crippen LogP contribution in [0.3, 0.4) is 0 Å². The summed E-state index contributed by atoms with van der Waals surface area (Å²) in [4.78, 5) is 0. The second-order valence-corrected chi connectivity index (χ2v) is 6.37. The summed E-state index contributed by atoms with van der Waals surface area (Å²) >= 11 is 0. The van der Waals surface area contributed by atoms with Crippen LogP contribution in [0.2, 0.25) is 0 Å². The van der Waals surface area contributed by atoms with Crippen molar-refractivity contribution in [3.05, 3.63) is 34.9 Å². The number of rotatable bonds is 4. The second-order valence-electron chi connectivity index (χ2n) is 6.37. The van der Waals surface area contributed by atoms with Gasteiger partial charge in [-0.1, -0.05) is 38.0 Å². The fraction of sp³-hybridized carbons (Fsp3) is 0.667. The highest BCUT2D eigenvalue weighted by molar-refractivity contribution is 5.34. The van der Waals surface area contributed by atoms with E-state index in [1.807, 2.05) is 0 Å². The summed E-state index contributed by atoms with van der Waals surface area (Å²) in [6, 6.07) is 6.52. The van der Waals surface area contributed by atoms with E-state index in [0.29, 0.717) is 5.92 Å². The average Bonchev–Trinajstić information content (AvgIpc) is 2.38. The number of aryl methyl sites for hydroxylation is 2. The van der Waals surface area contributed by atoms with Crippen molar-refractivity contribution >= 4 is 0 Å². The summed E-state index contributed by atoms with van der Waals surface area (Å²) in [5.74, 6) is 1.30. The molecular formula is C18H28O. The molecule has 0 aliphatic heterocycles. The van der Waals surface area contributed by atoms with Crippen LogP contribution < -0.4 is 0 Å². The van der Waals surface area contributed by atoms with E-state index < -0.39 is 0 Å². The SMILES string of the molecule is CCCC1CCC(O)C(Cc2c(C)cccc2C)C1. The molecule has 1 heteroatoms. The minimum atomic E-state index is -0.0906. The van der Waals surface area contributed by atoms with Crippen LogP contribution in [0.4, 0.5) is 0 Å². The van der Waals surface area contributed by atoms with Gasteiger partial charge < -0.3 is 5.11 Å². The van der Waals surface area contributed by atoms with Crippen molar-refractivity contribution in [2.75, 3.05) is 0 Å². The van der Waals surface area contributed by atoms with Crippen LogP contribution >= 0.6 is 0 Å². The van der Waals surface area contributed by atoms with Crippen molar-refractivity contribution in [2.45, 2.75) is 65.4 Å². The minimum Gasteiger partial charge on any atom is -0.393 e. The van der Waals surface area contributed by atoms with Crippen LogP contribution in [-0.4, -0.2) is 11.2 Å². The van der Waals surface area contributed by atoms with Gasteiger partial charge in [0, 0.05) is 0 Å². The molecule has 1 aliphatic rings. The first-order valence-corrected chi connectivity index (χ1v) is 7.85. The van der Waals surface area contributed by atoms with Gasteiger partial charge >= 0.3 is 0 Å². The van der Waals surface area contributed by atoms with Gasteiger partial charge in [-0.15, -0.1) is 0 Å². The molecule has 3 unspecified atom stereocenters. The van der Waals surface area contributed by atoms with E-state index in [0.717, 1.165) is 18.8 Å². The molecule has 3 atom stereocenters. The van der Waals surface area contributed by atoms with Crippen LogP contribution in [0.5, 0.6) is 0 Å². The molecule has 1 saturated carbocycles. The molecule has 1 fully saturated rings. The number of benzene rings is 1. The topological polar surface area (TPSA) is 20.2 Å². The lowest BCUT2D eigenvalue weighted by molar-refractivity contribution is 0.0461. The Balaban J connectivity index is 2.08. The molecule has 0 spiro atoms. The summed E-state index contributed by atoms with van der Waals surface area (Å²) in [6.07, 6.45) is 7.00. The van der Waals surface area contributed by atoms with Crippen molar-refractivity contribution < 1.29 is 5.11 Å². The monoisotopic (exact) mass is 260 g/mol. The smallest absolute Gasteiger partial charge is 0.0571 e. The van der Waals surface area contributed by atoms with E-state index in [1.54, 1.807) is 0 Å². The van der Waals surface area contributed by atoms with E-state index in [2.05, 4.69) is 39.0 Å². The zero-order valence-electron chi connectivity index (χ0n) is 12.7. The number of aliphatic hydroxyl groups is 1. The van der Waals surface area contributed by atoms with Crippen LogP contribution in [0, 0.1) is 25.7 Å². The zero-order valence-corrected chi connectivity index (χ0v) is 12.7. The lowest BCUT2D eigenvalue weighted by Crippen LogP contribution is -2.31. The molecule has 0 radical (unpaired) electrons. The predicted molar refractivity (Wildman–Crippen MR) is 81.4 cm³/mol. The summed E-state index contributed by atoms with van der Waals surface area (Å²) < 4.78 is 0. The molecule has 0 bridgehead atoms. The average molecular weight is 260 g/mol. The van der Waals surface area contributed by atoms with Gasteiger partial charge in [-0.25, -0.2) is 0 Å². The summed E-state index contributed by atoms with van der Waals surface area (Å²) in [5.41, 5.74) is 4.22. The van der Waals surface area contributed by atoms with Gasteiger partial charge in [-0.05, 0) is 68.1 Å². The molecule has 106 valence electrons. The lowest BCUT2D eigenvalue weighted by atomic mass is 9.74. The maximum absolute atomic E-state index is 10.3. The zero-order chi connectivity index (χ0) is 13.8. The lowest BCUT2D eigenvalue weighted by Gasteiger charge is -2.34. The molecule has 0 saturated heterocycles. The van der Waals surface area contributed by atoms with Gasteiger partial charge in [0.1, 0.15) is 0 Å². The fourth-order valence-corrected chi connectivity index (χ4v) is 3.67. The van der Waals surface area contributed by atoms with Crippen molar-refractivity contribution in [1.29, 1.82) is 0 Å². The minimum absolute atomic E-state index is 0.0906. The Bertz CT molecular complexity index is 390. The first kappa shape index (κ1) is 14.6. The largest absolute Gasteiger partial charge is 0.393 e. The van der Waals surface area contributed by atoms with Crippen molar-refractivity contribution in [2.24, 2.45) is 11.8 Å². The standard InChI is InChI=1S/C18H28O/c1-4-6-15-9-10-18(19)16(11-15)12-17-13(2)7-5-8-14(17)3/h5,7-8,15-16,18-19H,4,6,9-12H2,1-3H3. The Kier molecular flexibility index (Phi) is 5.04. The number of hydrogen-bond donors (Lipinski definition) is 1. The molecule has 1 aliphatic carbocycles. The van der Waals surface area contributed by atoms with E-state index >= 15 is 0 Å². The normalized spacial score (nSPS) is 27.5. The summed E-state index contributed by atoms with van der Waals surface area (Å²) in [7, 11) is 0. The Morgan fingerprint density at radius 1 is 1.16 bits per heavy atom. The van der Waals surface area contributed by atoms with E-state index in [9.17, 15) is 5.11 Å². The highest BCUT2D eigenvalue weighted by Crippen LogP contribution is 2.35. The molecule has 1 aromatic rings. The Morgan fingerprint density at radius 3 is 2.47 bits per heavy atom. The van der Waals surface area contributed by atoms with Crippen LogP contribution in [-0.2, 0) is 6.42 Å². The van der Waals surface area contributed by atoms with Crippen molar-refractivity contribution in [1.82, 2.24) is 0 Å². The molecule has 2 rings (SSSR count). The summed E-state index contributed by atoms with van der Waals surface area (Å²) in [5, 5.41) is 10.3. The predicted octanol–water partition coefficient (Wildman–Crippen LogP) is 4.42. The van der Waals surface area contributed by atoms with Gasteiger partial charge in [0.25, 0.3) is 0 Å². The molecule has 0 aromatic heterocycles. The van der Waals surface area contributed by atoms with Gasteiger partial charge in [0.15, 0.2) is 0 Å². The van der Waals surface area contributed by atoms with Crippen molar-refractivity contribution in [3.63, 3.8) is 0 Å². The molecular weight excluding hydrogens is 232 g/mol. The highest BCUT2D eigenvalue weighted by atomic mass is 16.3. The highest BCUT2D eigenvalue weighted by Gasteiger charge is 2.29. The second kappa shape index (κ2) is 6.56. The first-order chi connectivity index (χ1) is 9.11. The quantitative estimate of drug-likeness (QED) is 0.849. The maximum atomic E-state index is 10.3. The third-order valence-corrected chi connectivity index (χ3v) is 4.86. The molecule has 1 aromatic carbocycles. The Morgan fingerprint density at radius 2 is 1.84 bits per heavy atom. The Labute approximate surface area is 118 Å². The summed E-state index contributed by atoms with van der Waals surface area (Å²) in [6.45, 7) is 6.66. The molecule has 0 heterocycles. The molecule has 1 nitrogen and oxygen atoms in total. The molecule has 1 N–H and O–H groups in total. The number of hydrogen-bond acceptors (Lipinski definition) is 1. The van der Waals surface area contributed by atoms with Crippen LogP contribution in [0.1, 0.15) is 55.7 Å². The van der Waals surface area contributed by atoms with Crippen LogP contribution in [0.15, 0.2) is 18.2 Å². The third kappa shape index (κ3) is 3.60. The molecule has 0 amide bonds. The fourth-order valence-electron chi connectivity index (χ4n) is 3.67. The maximum Gasteiger partial charge on any atom is 0.0571 e.